The maximum absolute atomic E-state index is 14.8. The van der Waals surface area contributed by atoms with Crippen LogP contribution < -0.4 is 27.0 Å². The number of nitrogens with two attached hydrogens (primary N) is 1. The van der Waals surface area contributed by atoms with E-state index in [-0.39, 0.29) is 5.96 Å². The molecular weight excluding hydrogens is 439 g/mol. The first-order chi connectivity index (χ1) is 16.3. The van der Waals surface area contributed by atoms with Gasteiger partial charge in [0.25, 0.3) is 0 Å². The van der Waals surface area contributed by atoms with Crippen molar-refractivity contribution in [2.24, 2.45) is 10.7 Å². The van der Waals surface area contributed by atoms with E-state index in [9.17, 15) is 9.18 Å². The minimum absolute atomic E-state index is 0.278. The first kappa shape index (κ1) is 20.9. The van der Waals surface area contributed by atoms with E-state index < -0.39 is 17.2 Å². The number of piperazine rings is 1. The molecule has 2 fully saturated rings. The number of fused-ring (bicyclic) bond motifs is 3. The van der Waals surface area contributed by atoms with Crippen molar-refractivity contribution >= 4 is 28.6 Å². The Morgan fingerprint density at radius 1 is 1.29 bits per heavy atom. The van der Waals surface area contributed by atoms with Gasteiger partial charge in [0, 0.05) is 30.7 Å². The summed E-state index contributed by atoms with van der Waals surface area (Å²) in [6.07, 6.45) is 4.00. The van der Waals surface area contributed by atoms with Crippen LogP contribution in [0.2, 0.25) is 0 Å². The Morgan fingerprint density at radius 2 is 2.15 bits per heavy atom. The van der Waals surface area contributed by atoms with E-state index in [0.717, 1.165) is 30.7 Å². The van der Waals surface area contributed by atoms with E-state index >= 15 is 0 Å². The second-order valence-corrected chi connectivity index (χ2v) is 9.24. The molecule has 0 saturated carbocycles. The molecule has 3 aliphatic rings. The summed E-state index contributed by atoms with van der Waals surface area (Å²) in [4.78, 5) is 27.7. The highest BCUT2D eigenvalue weighted by Crippen LogP contribution is 2.35. The zero-order chi connectivity index (χ0) is 23.6. The molecule has 2 bridgehead atoms. The second kappa shape index (κ2) is 7.40. The monoisotopic (exact) mass is 464 g/mol. The largest absolute Gasteiger partial charge is 0.417 e. The Bertz CT molecular complexity index is 1410. The highest BCUT2D eigenvalue weighted by atomic mass is 19.1. The lowest BCUT2D eigenvalue weighted by atomic mass is 9.98. The summed E-state index contributed by atoms with van der Waals surface area (Å²) in [5.41, 5.74) is 7.70. The Kier molecular flexibility index (Phi) is 4.55. The van der Waals surface area contributed by atoms with Gasteiger partial charge in [-0.15, -0.1) is 0 Å². The molecule has 3 atom stereocenters. The number of benzene rings is 1. The Morgan fingerprint density at radius 3 is 2.88 bits per heavy atom. The third-order valence-corrected chi connectivity index (χ3v) is 6.97. The van der Waals surface area contributed by atoms with Crippen LogP contribution in [0.25, 0.3) is 11.1 Å². The summed E-state index contributed by atoms with van der Waals surface area (Å²) in [5, 5.41) is 6.09. The van der Waals surface area contributed by atoms with E-state index in [1.165, 1.54) is 6.42 Å². The van der Waals surface area contributed by atoms with Gasteiger partial charge in [0.05, 0.1) is 23.6 Å². The van der Waals surface area contributed by atoms with Crippen molar-refractivity contribution in [2.75, 3.05) is 30.4 Å². The topological polar surface area (TPSA) is 128 Å². The number of H-pyrrole nitrogens is 1. The second-order valence-electron chi connectivity index (χ2n) is 9.24. The lowest BCUT2D eigenvalue weighted by molar-refractivity contribution is 0.292. The van der Waals surface area contributed by atoms with Crippen LogP contribution in [0.15, 0.2) is 56.7 Å². The van der Waals surface area contributed by atoms with Crippen LogP contribution in [-0.2, 0) is 5.66 Å². The summed E-state index contributed by atoms with van der Waals surface area (Å²) in [5.74, 6) is 0.0171. The van der Waals surface area contributed by atoms with Crippen LogP contribution >= 0.6 is 0 Å². The highest BCUT2D eigenvalue weighted by molar-refractivity contribution is 5.95. The number of guanidine groups is 1. The molecule has 5 N–H and O–H groups in total. The van der Waals surface area contributed by atoms with Gasteiger partial charge in [-0.05, 0) is 44.2 Å². The fraction of sp³-hybridized carbons (Fsp3) is 0.348. The highest BCUT2D eigenvalue weighted by Gasteiger charge is 2.42. The van der Waals surface area contributed by atoms with E-state index in [1.807, 2.05) is 13.0 Å². The SMILES string of the molecule is Cc1cc(NC2=NC=C(F)C(N)(c3ccc4oc(=O)[nH]c4c3)N2)cnc1N1C[C@@H]2C[C@H]1CN2C. The first-order valence-electron chi connectivity index (χ1n) is 11.1. The van der Waals surface area contributed by atoms with Gasteiger partial charge in [0.2, 0.25) is 5.96 Å². The number of rotatable bonds is 3. The number of likely N-dealkylation sites (tertiary alicyclic amines) is 1. The number of halogens is 1. The van der Waals surface area contributed by atoms with Crippen LogP contribution in [0, 0.1) is 6.92 Å². The molecule has 11 heteroatoms. The van der Waals surface area contributed by atoms with Crippen molar-refractivity contribution in [1.82, 2.24) is 20.2 Å². The van der Waals surface area contributed by atoms with Gasteiger partial charge in [0.15, 0.2) is 17.1 Å². The summed E-state index contributed by atoms with van der Waals surface area (Å²) in [6, 6.07) is 7.83. The first-order valence-corrected chi connectivity index (χ1v) is 11.1. The molecule has 0 radical (unpaired) electrons. The maximum atomic E-state index is 14.8. The molecule has 1 unspecified atom stereocenters. The van der Waals surface area contributed by atoms with Crippen LogP contribution in [0.4, 0.5) is 15.9 Å². The van der Waals surface area contributed by atoms with E-state index in [1.54, 1.807) is 24.4 Å². The number of aryl methyl sites for hydroxylation is 1. The number of anilines is 2. The van der Waals surface area contributed by atoms with Crippen LogP contribution in [0.1, 0.15) is 17.5 Å². The maximum Gasteiger partial charge on any atom is 0.417 e. The molecule has 3 aliphatic heterocycles. The molecule has 5 heterocycles. The molecule has 0 spiro atoms. The van der Waals surface area contributed by atoms with Gasteiger partial charge in [-0.3, -0.25) is 15.6 Å². The number of hydrogen-bond acceptors (Lipinski definition) is 9. The third kappa shape index (κ3) is 3.27. The number of hydrogen-bond donors (Lipinski definition) is 4. The van der Waals surface area contributed by atoms with E-state index in [4.69, 9.17) is 15.1 Å². The molecule has 6 rings (SSSR count). The molecule has 0 amide bonds. The predicted octanol–water partition coefficient (Wildman–Crippen LogP) is 1.71. The smallest absolute Gasteiger partial charge is 0.408 e. The van der Waals surface area contributed by atoms with E-state index in [2.05, 4.69) is 37.5 Å². The van der Waals surface area contributed by atoms with Gasteiger partial charge in [0.1, 0.15) is 5.82 Å². The van der Waals surface area contributed by atoms with Crippen LogP contribution in [-0.4, -0.2) is 53.0 Å². The molecular formula is C23H25FN8O2. The molecule has 2 aromatic heterocycles. The van der Waals surface area contributed by atoms with Crippen molar-refractivity contribution in [3.63, 3.8) is 0 Å². The average molecular weight is 465 g/mol. The van der Waals surface area contributed by atoms with Crippen molar-refractivity contribution in [3.05, 3.63) is 64.2 Å². The standard InChI is InChI=1S/C23H25FN8O2/c1-12-5-14(8-26-20(12)32-11-15-7-16(32)10-31(15)2)28-21-27-9-19(24)23(25,30-21)13-3-4-18-17(6-13)29-22(33)34-18/h3-6,8-9,15-16H,7,10-11,25H2,1-2H3,(H,29,33)(H2,27,28,30)/t15-,16-,23?/m0/s1. The van der Waals surface area contributed by atoms with Gasteiger partial charge < -0.3 is 20.0 Å². The number of aromatic amines is 1. The van der Waals surface area contributed by atoms with Crippen LogP contribution in [0.5, 0.6) is 0 Å². The van der Waals surface area contributed by atoms with Gasteiger partial charge in [-0.25, -0.2) is 19.2 Å². The third-order valence-electron chi connectivity index (χ3n) is 6.97. The predicted molar refractivity (Wildman–Crippen MR) is 127 cm³/mol. The molecule has 1 aromatic carbocycles. The van der Waals surface area contributed by atoms with Crippen molar-refractivity contribution in [1.29, 1.82) is 0 Å². The molecule has 34 heavy (non-hydrogen) atoms. The fourth-order valence-electron chi connectivity index (χ4n) is 5.17. The quantitative estimate of drug-likeness (QED) is 0.461. The summed E-state index contributed by atoms with van der Waals surface area (Å²) < 4.78 is 19.9. The molecule has 176 valence electrons. The number of nitrogens with zero attached hydrogens (tertiary/aromatic N) is 4. The fourth-order valence-corrected chi connectivity index (χ4v) is 5.17. The van der Waals surface area contributed by atoms with E-state index in [0.29, 0.717) is 34.4 Å². The Balaban J connectivity index is 1.22. The minimum atomic E-state index is -1.67. The van der Waals surface area contributed by atoms with Crippen LogP contribution in [0.3, 0.4) is 0 Å². The zero-order valence-electron chi connectivity index (χ0n) is 18.8. The number of aromatic nitrogens is 2. The molecule has 10 nitrogen and oxygen atoms in total. The van der Waals surface area contributed by atoms with Gasteiger partial charge >= 0.3 is 5.76 Å². The zero-order valence-corrected chi connectivity index (χ0v) is 18.8. The molecule has 2 saturated heterocycles. The van der Waals surface area contributed by atoms with Gasteiger partial charge in [-0.2, -0.15) is 0 Å². The number of aliphatic imine (C=N–C) groups is 1. The number of nitrogens with one attached hydrogen (secondary N) is 3. The number of oxazole rings is 1. The van der Waals surface area contributed by atoms with Crippen molar-refractivity contribution < 1.29 is 8.81 Å². The summed E-state index contributed by atoms with van der Waals surface area (Å²) in [7, 11) is 2.18. The van der Waals surface area contributed by atoms with Crippen molar-refractivity contribution in [2.45, 2.75) is 31.1 Å². The number of pyridine rings is 1. The summed E-state index contributed by atoms with van der Waals surface area (Å²) >= 11 is 0. The van der Waals surface area contributed by atoms with Gasteiger partial charge in [-0.1, -0.05) is 6.07 Å². The lowest BCUT2D eigenvalue weighted by Crippen LogP contribution is -2.56. The molecule has 0 aliphatic carbocycles. The number of likely N-dealkylation sites (N-methyl/N-ethyl adjacent to an activating group) is 1. The normalized spacial score (nSPS) is 26.5. The minimum Gasteiger partial charge on any atom is -0.408 e. The average Bonchev–Trinajstić information content (AvgIpc) is 3.48. The van der Waals surface area contributed by atoms with Crippen molar-refractivity contribution in [3.8, 4) is 0 Å². The lowest BCUT2D eigenvalue weighted by Gasteiger charge is -2.34. The Labute approximate surface area is 194 Å². The Hall–Kier alpha value is -3.70. The molecule has 3 aromatic rings. The summed E-state index contributed by atoms with van der Waals surface area (Å²) in [6.45, 7) is 4.08.